The van der Waals surface area contributed by atoms with Gasteiger partial charge in [-0.25, -0.2) is 0 Å². The predicted octanol–water partition coefficient (Wildman–Crippen LogP) is 1.85. The highest BCUT2D eigenvalue weighted by atomic mass is 16.4. The number of carboxylic acid groups (broad SMARTS) is 1. The fourth-order valence-corrected chi connectivity index (χ4v) is 2.78. The van der Waals surface area contributed by atoms with E-state index in [2.05, 4.69) is 12.0 Å². The maximum absolute atomic E-state index is 11.5. The van der Waals surface area contributed by atoms with Gasteiger partial charge in [0.05, 0.1) is 11.6 Å². The third kappa shape index (κ3) is 1.96. The molecule has 0 aliphatic heterocycles. The van der Waals surface area contributed by atoms with E-state index in [1.165, 1.54) is 0 Å². The lowest BCUT2D eigenvalue weighted by molar-refractivity contribution is -0.148. The van der Waals surface area contributed by atoms with Crippen LogP contribution < -0.4 is 0 Å². The molecule has 0 spiro atoms. The Morgan fingerprint density at radius 3 is 2.94 bits per heavy atom. The standard InChI is InChI=1S/C12H18N2O2/c1-9-3-4-12(5-9,11(15)16)6-10-7-13-14(2)8-10/h7-9H,3-6H2,1-2H3,(H,15,16). The van der Waals surface area contributed by atoms with Crippen LogP contribution in [0.3, 0.4) is 0 Å². The summed E-state index contributed by atoms with van der Waals surface area (Å²) in [6.07, 6.45) is 6.89. The molecule has 0 bridgehead atoms. The first-order valence-corrected chi connectivity index (χ1v) is 5.73. The molecular formula is C12H18N2O2. The number of aryl methyl sites for hydroxylation is 1. The van der Waals surface area contributed by atoms with Crippen molar-refractivity contribution in [3.05, 3.63) is 18.0 Å². The quantitative estimate of drug-likeness (QED) is 0.849. The van der Waals surface area contributed by atoms with Gasteiger partial charge in [-0.3, -0.25) is 9.48 Å². The van der Waals surface area contributed by atoms with Crippen molar-refractivity contribution in [3.8, 4) is 0 Å². The summed E-state index contributed by atoms with van der Waals surface area (Å²) in [5, 5.41) is 13.5. The van der Waals surface area contributed by atoms with Crippen molar-refractivity contribution >= 4 is 5.97 Å². The number of carbonyl (C=O) groups is 1. The maximum atomic E-state index is 11.5. The molecule has 16 heavy (non-hydrogen) atoms. The van der Waals surface area contributed by atoms with Crippen LogP contribution in [0, 0.1) is 11.3 Å². The van der Waals surface area contributed by atoms with Gasteiger partial charge in [0, 0.05) is 13.2 Å². The Morgan fingerprint density at radius 1 is 1.75 bits per heavy atom. The topological polar surface area (TPSA) is 55.1 Å². The number of rotatable bonds is 3. The third-order valence-corrected chi connectivity index (χ3v) is 3.61. The molecule has 1 aliphatic rings. The van der Waals surface area contributed by atoms with Gasteiger partial charge in [0.2, 0.25) is 0 Å². The van der Waals surface area contributed by atoms with E-state index in [0.717, 1.165) is 24.8 Å². The molecule has 0 amide bonds. The van der Waals surface area contributed by atoms with E-state index in [0.29, 0.717) is 12.3 Å². The van der Waals surface area contributed by atoms with Gasteiger partial charge in [-0.2, -0.15) is 5.10 Å². The van der Waals surface area contributed by atoms with Crippen LogP contribution in [0.4, 0.5) is 0 Å². The second kappa shape index (κ2) is 3.92. The zero-order chi connectivity index (χ0) is 11.8. The van der Waals surface area contributed by atoms with Gasteiger partial charge in [0.25, 0.3) is 0 Å². The van der Waals surface area contributed by atoms with Gasteiger partial charge in [-0.15, -0.1) is 0 Å². The van der Waals surface area contributed by atoms with Gasteiger partial charge in [-0.1, -0.05) is 6.92 Å². The van der Waals surface area contributed by atoms with Gasteiger partial charge in [0.15, 0.2) is 0 Å². The van der Waals surface area contributed by atoms with E-state index in [4.69, 9.17) is 0 Å². The van der Waals surface area contributed by atoms with E-state index in [9.17, 15) is 9.90 Å². The Hall–Kier alpha value is -1.32. The SMILES string of the molecule is CC1CCC(Cc2cnn(C)c2)(C(=O)O)C1. The number of hydrogen-bond acceptors (Lipinski definition) is 2. The Kier molecular flexibility index (Phi) is 2.74. The highest BCUT2D eigenvalue weighted by molar-refractivity contribution is 5.75. The van der Waals surface area contributed by atoms with E-state index in [-0.39, 0.29) is 0 Å². The molecule has 2 rings (SSSR count). The summed E-state index contributed by atoms with van der Waals surface area (Å²) >= 11 is 0. The molecule has 0 saturated heterocycles. The Morgan fingerprint density at radius 2 is 2.50 bits per heavy atom. The largest absolute Gasteiger partial charge is 0.481 e. The van der Waals surface area contributed by atoms with Gasteiger partial charge < -0.3 is 5.11 Å². The molecule has 0 aromatic carbocycles. The normalized spacial score (nSPS) is 29.5. The summed E-state index contributed by atoms with van der Waals surface area (Å²) < 4.78 is 1.73. The van der Waals surface area contributed by atoms with Crippen LogP contribution in [0.2, 0.25) is 0 Å². The van der Waals surface area contributed by atoms with E-state index >= 15 is 0 Å². The molecule has 0 radical (unpaired) electrons. The second-order valence-electron chi connectivity index (χ2n) is 5.13. The minimum Gasteiger partial charge on any atom is -0.481 e. The maximum Gasteiger partial charge on any atom is 0.309 e. The van der Waals surface area contributed by atoms with Gasteiger partial charge in [0.1, 0.15) is 0 Å². The molecule has 1 heterocycles. The molecule has 1 aliphatic carbocycles. The Bertz CT molecular complexity index is 399. The van der Waals surface area contributed by atoms with E-state index in [1.54, 1.807) is 10.9 Å². The van der Waals surface area contributed by atoms with Gasteiger partial charge in [-0.05, 0) is 37.2 Å². The number of hydrogen-bond donors (Lipinski definition) is 1. The smallest absolute Gasteiger partial charge is 0.309 e. The van der Waals surface area contributed by atoms with Crippen molar-refractivity contribution < 1.29 is 9.90 Å². The summed E-state index contributed by atoms with van der Waals surface area (Å²) in [5.41, 5.74) is 0.474. The second-order valence-corrected chi connectivity index (χ2v) is 5.13. The van der Waals surface area contributed by atoms with Crippen LogP contribution in [0.5, 0.6) is 0 Å². The molecular weight excluding hydrogens is 204 g/mol. The third-order valence-electron chi connectivity index (χ3n) is 3.61. The molecule has 2 atom stereocenters. The van der Waals surface area contributed by atoms with Crippen LogP contribution in [-0.4, -0.2) is 20.9 Å². The zero-order valence-electron chi connectivity index (χ0n) is 9.81. The Labute approximate surface area is 95.3 Å². The average Bonchev–Trinajstić information content (AvgIpc) is 2.75. The molecule has 4 nitrogen and oxygen atoms in total. The van der Waals surface area contributed by atoms with Crippen molar-refractivity contribution in [2.75, 3.05) is 0 Å². The number of aliphatic carboxylic acids is 1. The molecule has 1 N–H and O–H groups in total. The lowest BCUT2D eigenvalue weighted by Crippen LogP contribution is -2.30. The summed E-state index contributed by atoms with van der Waals surface area (Å²) in [6, 6.07) is 0. The number of nitrogens with zero attached hydrogens (tertiary/aromatic N) is 2. The van der Waals surface area contributed by atoms with Crippen molar-refractivity contribution in [2.24, 2.45) is 18.4 Å². The number of carboxylic acids is 1. The lowest BCUT2D eigenvalue weighted by atomic mass is 9.80. The molecule has 88 valence electrons. The Balaban J connectivity index is 2.18. The fraction of sp³-hybridized carbons (Fsp3) is 0.667. The van der Waals surface area contributed by atoms with E-state index in [1.807, 2.05) is 13.2 Å². The number of aromatic nitrogens is 2. The predicted molar refractivity (Wildman–Crippen MR) is 60.0 cm³/mol. The summed E-state index contributed by atoms with van der Waals surface area (Å²) in [6.45, 7) is 2.13. The van der Waals surface area contributed by atoms with Crippen LogP contribution >= 0.6 is 0 Å². The summed E-state index contributed by atoms with van der Waals surface area (Å²) in [5.74, 6) is -0.131. The average molecular weight is 222 g/mol. The van der Waals surface area contributed by atoms with Crippen molar-refractivity contribution in [1.82, 2.24) is 9.78 Å². The zero-order valence-corrected chi connectivity index (χ0v) is 9.81. The molecule has 2 unspecified atom stereocenters. The van der Waals surface area contributed by atoms with Crippen LogP contribution in [0.1, 0.15) is 31.7 Å². The monoisotopic (exact) mass is 222 g/mol. The van der Waals surface area contributed by atoms with Crippen LogP contribution in [0.15, 0.2) is 12.4 Å². The highest BCUT2D eigenvalue weighted by Gasteiger charge is 2.44. The molecule has 1 saturated carbocycles. The minimum absolute atomic E-state index is 0.521. The summed E-state index contributed by atoms with van der Waals surface area (Å²) in [7, 11) is 1.86. The first-order valence-electron chi connectivity index (χ1n) is 5.73. The van der Waals surface area contributed by atoms with E-state index < -0.39 is 11.4 Å². The van der Waals surface area contributed by atoms with Gasteiger partial charge >= 0.3 is 5.97 Å². The van der Waals surface area contributed by atoms with Crippen LogP contribution in [0.25, 0.3) is 0 Å². The molecule has 1 fully saturated rings. The lowest BCUT2D eigenvalue weighted by Gasteiger charge is -2.23. The molecule has 1 aromatic heterocycles. The molecule has 1 aromatic rings. The first-order chi connectivity index (χ1) is 7.52. The van der Waals surface area contributed by atoms with Crippen LogP contribution in [-0.2, 0) is 18.3 Å². The first kappa shape index (κ1) is 11.2. The van der Waals surface area contributed by atoms with Crippen molar-refractivity contribution in [1.29, 1.82) is 0 Å². The highest BCUT2D eigenvalue weighted by Crippen LogP contribution is 2.44. The fourth-order valence-electron chi connectivity index (χ4n) is 2.78. The molecule has 4 heteroatoms. The minimum atomic E-state index is -0.652. The van der Waals surface area contributed by atoms with Crippen molar-refractivity contribution in [2.45, 2.75) is 32.6 Å². The van der Waals surface area contributed by atoms with Crippen molar-refractivity contribution in [3.63, 3.8) is 0 Å². The summed E-state index contributed by atoms with van der Waals surface area (Å²) in [4.78, 5) is 11.5.